The van der Waals surface area contributed by atoms with Gasteiger partial charge in [0.25, 0.3) is 0 Å². The van der Waals surface area contributed by atoms with E-state index in [0.29, 0.717) is 11.1 Å². The maximum Gasteiger partial charge on any atom is 0.338 e. The third-order valence-corrected chi connectivity index (χ3v) is 5.37. The Bertz CT molecular complexity index is 1260. The van der Waals surface area contributed by atoms with E-state index in [2.05, 4.69) is 4.98 Å². The molecule has 2 aromatic carbocycles. The van der Waals surface area contributed by atoms with Crippen LogP contribution in [0.2, 0.25) is 0 Å². The fourth-order valence-electron chi connectivity index (χ4n) is 3.42. The Kier molecular flexibility index (Phi) is 6.76. The molecule has 1 saturated heterocycles. The predicted molar refractivity (Wildman–Crippen MR) is 117 cm³/mol. The van der Waals surface area contributed by atoms with Crippen LogP contribution in [0.15, 0.2) is 71.7 Å². The summed E-state index contributed by atoms with van der Waals surface area (Å²) < 4.78 is 31.4. The summed E-state index contributed by atoms with van der Waals surface area (Å²) in [6.07, 6.45) is -1.73. The molecule has 0 radical (unpaired) electrons. The van der Waals surface area contributed by atoms with E-state index < -0.39 is 41.9 Å². The number of benzene rings is 2. The van der Waals surface area contributed by atoms with Gasteiger partial charge in [-0.2, -0.15) is 0 Å². The van der Waals surface area contributed by atoms with Crippen molar-refractivity contribution in [1.82, 2.24) is 9.55 Å². The van der Waals surface area contributed by atoms with E-state index in [1.54, 1.807) is 60.7 Å². The van der Waals surface area contributed by atoms with Crippen molar-refractivity contribution in [2.75, 3.05) is 6.61 Å². The van der Waals surface area contributed by atoms with Crippen LogP contribution >= 0.6 is 12.2 Å². The van der Waals surface area contributed by atoms with Gasteiger partial charge in [0.2, 0.25) is 0 Å². The molecule has 10 heteroatoms. The summed E-state index contributed by atoms with van der Waals surface area (Å²) in [5.41, 5.74) is -0.00625. The van der Waals surface area contributed by atoms with Crippen molar-refractivity contribution in [3.05, 3.63) is 98.9 Å². The third kappa shape index (κ3) is 5.24. The minimum absolute atomic E-state index is 0.0378. The number of esters is 2. The van der Waals surface area contributed by atoms with E-state index in [9.17, 15) is 18.8 Å². The Labute approximate surface area is 192 Å². The normalized spacial score (nSPS) is 19.7. The van der Waals surface area contributed by atoms with Crippen LogP contribution in [0.25, 0.3) is 0 Å². The van der Waals surface area contributed by atoms with E-state index in [0.717, 1.165) is 10.8 Å². The molecule has 1 aromatic heterocycles. The number of rotatable bonds is 6. The average molecular weight is 470 g/mol. The number of carbonyl (C=O) groups excluding carboxylic acids is 2. The van der Waals surface area contributed by atoms with Gasteiger partial charge < -0.3 is 14.2 Å². The Hall–Kier alpha value is -3.63. The molecule has 1 aliphatic heterocycles. The summed E-state index contributed by atoms with van der Waals surface area (Å²) in [5.74, 6) is -1.98. The molecule has 1 N–H and O–H groups in total. The Morgan fingerprint density at radius 3 is 2.30 bits per heavy atom. The first kappa shape index (κ1) is 22.6. The smallest absolute Gasteiger partial charge is 0.338 e. The molecular formula is C23H19FN2O6S. The largest absolute Gasteiger partial charge is 0.459 e. The summed E-state index contributed by atoms with van der Waals surface area (Å²) in [7, 11) is 0. The van der Waals surface area contributed by atoms with Gasteiger partial charge in [-0.05, 0) is 24.3 Å². The van der Waals surface area contributed by atoms with Gasteiger partial charge in [0.05, 0.1) is 17.3 Å². The van der Waals surface area contributed by atoms with Crippen molar-refractivity contribution < 1.29 is 28.2 Å². The zero-order chi connectivity index (χ0) is 23.4. The summed E-state index contributed by atoms with van der Waals surface area (Å²) in [6, 6.07) is 16.7. The average Bonchev–Trinajstić information content (AvgIpc) is 3.23. The number of nitrogens with one attached hydrogen (secondary N) is 1. The van der Waals surface area contributed by atoms with Crippen molar-refractivity contribution in [3.8, 4) is 0 Å². The summed E-state index contributed by atoms with van der Waals surface area (Å²) in [4.78, 5) is 39.4. The number of aromatic amines is 1. The Balaban J connectivity index is 1.53. The third-order valence-electron chi connectivity index (χ3n) is 5.07. The SMILES string of the molecule is O=C(OC[C@H]1O[C@@H](n2cc(F)c(=S)[nH]c2=O)C[C@H]1OC(=O)c1ccccc1)c1ccccc1. The number of nitrogens with zero attached hydrogens (tertiary/aromatic N) is 1. The number of halogens is 1. The van der Waals surface area contributed by atoms with E-state index in [1.807, 2.05) is 0 Å². The standard InChI is InChI=1S/C23H19FN2O6S/c24-16-12-26(23(29)25-20(16)33)19-11-17(32-22(28)15-9-5-2-6-10-15)18(31-19)13-30-21(27)14-7-3-1-4-8-14/h1-10,12,17-19H,11,13H2,(H,25,29,33)/t17-,18-,19-/m1/s1. The molecule has 4 rings (SSSR count). The molecule has 0 amide bonds. The molecule has 0 saturated carbocycles. The molecule has 3 atom stereocenters. The first-order chi connectivity index (χ1) is 15.9. The van der Waals surface area contributed by atoms with Crippen LogP contribution in [-0.4, -0.2) is 40.3 Å². The van der Waals surface area contributed by atoms with E-state index in [1.165, 1.54) is 0 Å². The molecule has 8 nitrogen and oxygen atoms in total. The molecule has 0 aliphatic carbocycles. The molecule has 0 unspecified atom stereocenters. The van der Waals surface area contributed by atoms with Crippen LogP contribution < -0.4 is 5.69 Å². The lowest BCUT2D eigenvalue weighted by Gasteiger charge is -2.19. The van der Waals surface area contributed by atoms with Crippen molar-refractivity contribution in [3.63, 3.8) is 0 Å². The minimum Gasteiger partial charge on any atom is -0.459 e. The number of ether oxygens (including phenoxy) is 3. The Morgan fingerprint density at radius 1 is 1.06 bits per heavy atom. The van der Waals surface area contributed by atoms with Gasteiger partial charge in [0, 0.05) is 6.42 Å². The van der Waals surface area contributed by atoms with E-state index >= 15 is 0 Å². The highest BCUT2D eigenvalue weighted by molar-refractivity contribution is 7.71. The molecule has 0 bridgehead atoms. The molecule has 1 fully saturated rings. The van der Waals surface area contributed by atoms with Gasteiger partial charge in [0.1, 0.15) is 29.7 Å². The second-order valence-electron chi connectivity index (χ2n) is 7.28. The summed E-state index contributed by atoms with van der Waals surface area (Å²) >= 11 is 4.74. The quantitative estimate of drug-likeness (QED) is 0.435. The van der Waals surface area contributed by atoms with E-state index in [4.69, 9.17) is 26.4 Å². The van der Waals surface area contributed by atoms with Gasteiger partial charge >= 0.3 is 17.6 Å². The van der Waals surface area contributed by atoms with Gasteiger partial charge in [0.15, 0.2) is 5.82 Å². The maximum atomic E-state index is 14.0. The predicted octanol–water partition coefficient (Wildman–Crippen LogP) is 3.42. The van der Waals surface area contributed by atoms with Crippen LogP contribution in [0.4, 0.5) is 4.39 Å². The highest BCUT2D eigenvalue weighted by atomic mass is 32.1. The zero-order valence-electron chi connectivity index (χ0n) is 17.2. The summed E-state index contributed by atoms with van der Waals surface area (Å²) in [5, 5.41) is 0. The number of hydrogen-bond acceptors (Lipinski definition) is 7. The number of hydrogen-bond donors (Lipinski definition) is 1. The van der Waals surface area contributed by atoms with Crippen LogP contribution in [0, 0.1) is 10.5 Å². The van der Waals surface area contributed by atoms with Gasteiger partial charge in [-0.1, -0.05) is 48.6 Å². The zero-order valence-corrected chi connectivity index (χ0v) is 18.0. The monoisotopic (exact) mass is 470 g/mol. The van der Waals surface area contributed by atoms with Crippen molar-refractivity contribution in [2.45, 2.75) is 24.9 Å². The first-order valence-corrected chi connectivity index (χ1v) is 10.5. The molecule has 0 spiro atoms. The fraction of sp³-hybridized carbons (Fsp3) is 0.217. The number of carbonyl (C=O) groups is 2. The van der Waals surface area contributed by atoms with Crippen LogP contribution in [0.3, 0.4) is 0 Å². The second kappa shape index (κ2) is 9.88. The molecule has 3 aromatic rings. The minimum atomic E-state index is -0.965. The lowest BCUT2D eigenvalue weighted by atomic mass is 10.1. The molecule has 2 heterocycles. The lowest BCUT2D eigenvalue weighted by molar-refractivity contribution is -0.0584. The van der Waals surface area contributed by atoms with Crippen molar-refractivity contribution >= 4 is 24.2 Å². The fourth-order valence-corrected chi connectivity index (χ4v) is 3.56. The highest BCUT2D eigenvalue weighted by Gasteiger charge is 2.40. The lowest BCUT2D eigenvalue weighted by Crippen LogP contribution is -2.32. The van der Waals surface area contributed by atoms with E-state index in [-0.39, 0.29) is 17.7 Å². The molecule has 170 valence electrons. The van der Waals surface area contributed by atoms with Crippen LogP contribution in [-0.2, 0) is 14.2 Å². The van der Waals surface area contributed by atoms with Crippen molar-refractivity contribution in [1.29, 1.82) is 0 Å². The maximum absolute atomic E-state index is 14.0. The highest BCUT2D eigenvalue weighted by Crippen LogP contribution is 2.31. The Morgan fingerprint density at radius 2 is 1.67 bits per heavy atom. The molecule has 33 heavy (non-hydrogen) atoms. The number of aromatic nitrogens is 2. The van der Waals surface area contributed by atoms with Crippen molar-refractivity contribution in [2.24, 2.45) is 0 Å². The van der Waals surface area contributed by atoms with Crippen LogP contribution in [0.1, 0.15) is 33.4 Å². The van der Waals surface area contributed by atoms with Gasteiger partial charge in [-0.25, -0.2) is 18.8 Å². The first-order valence-electron chi connectivity index (χ1n) is 10.1. The van der Waals surface area contributed by atoms with Gasteiger partial charge in [-0.15, -0.1) is 0 Å². The van der Waals surface area contributed by atoms with Gasteiger partial charge in [-0.3, -0.25) is 9.55 Å². The van der Waals surface area contributed by atoms with Crippen LogP contribution in [0.5, 0.6) is 0 Å². The molecular weight excluding hydrogens is 451 g/mol. The topological polar surface area (TPSA) is 99.6 Å². The molecule has 1 aliphatic rings. The summed E-state index contributed by atoms with van der Waals surface area (Å²) in [6.45, 7) is -0.239. The number of H-pyrrole nitrogens is 1. The second-order valence-corrected chi connectivity index (χ2v) is 7.69.